The summed E-state index contributed by atoms with van der Waals surface area (Å²) in [6, 6.07) is 11.4. The molecule has 7 heteroatoms. The molecule has 0 saturated carbocycles. The van der Waals surface area contributed by atoms with Crippen LogP contribution >= 0.6 is 0 Å². The number of hydrogen-bond donors (Lipinski definition) is 1. The molecule has 0 radical (unpaired) electrons. The molecule has 0 saturated heterocycles. The van der Waals surface area contributed by atoms with E-state index in [-0.39, 0.29) is 30.4 Å². The van der Waals surface area contributed by atoms with E-state index in [0.29, 0.717) is 25.1 Å². The van der Waals surface area contributed by atoms with E-state index in [0.717, 1.165) is 16.9 Å². The summed E-state index contributed by atoms with van der Waals surface area (Å²) >= 11 is 0. The molecule has 0 aliphatic heterocycles. The number of aromatic nitrogens is 2. The number of rotatable bonds is 9. The summed E-state index contributed by atoms with van der Waals surface area (Å²) in [4.78, 5) is 31.7. The van der Waals surface area contributed by atoms with Crippen LogP contribution in [0.4, 0.5) is 0 Å². The van der Waals surface area contributed by atoms with Crippen LogP contribution in [0.25, 0.3) is 11.0 Å². The van der Waals surface area contributed by atoms with Crippen LogP contribution in [-0.4, -0.2) is 44.9 Å². The molecule has 0 atom stereocenters. The van der Waals surface area contributed by atoms with Crippen molar-refractivity contribution in [3.63, 3.8) is 0 Å². The van der Waals surface area contributed by atoms with Crippen molar-refractivity contribution in [3.05, 3.63) is 54.2 Å². The normalized spacial score (nSPS) is 11.4. The Hall–Kier alpha value is -3.09. The average Bonchev–Trinajstić information content (AvgIpc) is 3.33. The third-order valence-electron chi connectivity index (χ3n) is 5.04. The topological polar surface area (TPSA) is 80.4 Å². The van der Waals surface area contributed by atoms with Crippen LogP contribution in [0, 0.1) is 0 Å². The number of carbonyl (C=O) groups excluding carboxylic acids is 2. The number of furan rings is 1. The average molecular weight is 411 g/mol. The molecule has 0 spiro atoms. The van der Waals surface area contributed by atoms with Crippen LogP contribution in [0.3, 0.4) is 0 Å². The lowest BCUT2D eigenvalue weighted by atomic mass is 10.2. The van der Waals surface area contributed by atoms with E-state index in [1.807, 2.05) is 61.4 Å². The summed E-state index contributed by atoms with van der Waals surface area (Å²) in [5.41, 5.74) is 1.83. The molecule has 2 heterocycles. The molecule has 1 N–H and O–H groups in total. The van der Waals surface area contributed by atoms with Gasteiger partial charge in [-0.05, 0) is 58.4 Å². The summed E-state index contributed by atoms with van der Waals surface area (Å²) in [6.07, 6.45) is 2.84. The monoisotopic (exact) mass is 410 g/mol. The van der Waals surface area contributed by atoms with Gasteiger partial charge in [0.05, 0.1) is 17.3 Å². The Morgan fingerprint density at radius 1 is 1.10 bits per heavy atom. The molecular weight excluding hydrogens is 380 g/mol. The fourth-order valence-electron chi connectivity index (χ4n) is 3.83. The highest BCUT2D eigenvalue weighted by Crippen LogP contribution is 2.18. The largest absolute Gasteiger partial charge is 0.459 e. The fourth-order valence-corrected chi connectivity index (χ4v) is 3.83. The number of nitrogens with zero attached hydrogens (tertiary/aromatic N) is 3. The van der Waals surface area contributed by atoms with Crippen molar-refractivity contribution in [2.45, 2.75) is 59.2 Å². The number of imidazole rings is 1. The molecule has 0 aliphatic carbocycles. The minimum atomic E-state index is -0.229. The Bertz CT molecular complexity index is 981. The van der Waals surface area contributed by atoms with Gasteiger partial charge in [-0.3, -0.25) is 9.59 Å². The first-order chi connectivity index (χ1) is 14.4. The summed E-state index contributed by atoms with van der Waals surface area (Å²) in [7, 11) is 0. The summed E-state index contributed by atoms with van der Waals surface area (Å²) in [5, 5.41) is 2.85. The van der Waals surface area contributed by atoms with Crippen LogP contribution in [0.1, 0.15) is 50.5 Å². The van der Waals surface area contributed by atoms with Gasteiger partial charge in [0.1, 0.15) is 12.4 Å². The number of hydrogen-bond acceptors (Lipinski definition) is 4. The van der Waals surface area contributed by atoms with Gasteiger partial charge in [-0.2, -0.15) is 0 Å². The highest BCUT2D eigenvalue weighted by molar-refractivity contribution is 5.91. The molecule has 0 fully saturated rings. The second-order valence-corrected chi connectivity index (χ2v) is 7.93. The van der Waals surface area contributed by atoms with Gasteiger partial charge in [0.25, 0.3) is 5.91 Å². The summed E-state index contributed by atoms with van der Waals surface area (Å²) in [6.45, 7) is 8.89. The van der Waals surface area contributed by atoms with E-state index in [1.165, 1.54) is 6.26 Å². The second-order valence-electron chi connectivity index (χ2n) is 7.93. The first-order valence-electron chi connectivity index (χ1n) is 10.5. The van der Waals surface area contributed by atoms with Crippen LogP contribution < -0.4 is 5.32 Å². The number of aryl methyl sites for hydroxylation is 1. The molecule has 3 aromatic rings. The predicted octanol–water partition coefficient (Wildman–Crippen LogP) is 3.64. The van der Waals surface area contributed by atoms with Crippen molar-refractivity contribution < 1.29 is 14.0 Å². The molecule has 0 bridgehead atoms. The van der Waals surface area contributed by atoms with Gasteiger partial charge in [0.2, 0.25) is 5.91 Å². The Balaban J connectivity index is 1.71. The Labute approximate surface area is 177 Å². The van der Waals surface area contributed by atoms with Crippen molar-refractivity contribution in [2.24, 2.45) is 0 Å². The highest BCUT2D eigenvalue weighted by Gasteiger charge is 2.22. The van der Waals surface area contributed by atoms with Crippen molar-refractivity contribution in [1.82, 2.24) is 19.8 Å². The van der Waals surface area contributed by atoms with Crippen LogP contribution in [0.2, 0.25) is 0 Å². The standard InChI is InChI=1S/C23H30N4O3/c1-16(2)27(17(3)4)22(28)15-26-19-10-6-5-9-18(19)25-21(26)12-7-13-24-23(29)20-11-8-14-30-20/h5-6,8-11,14,16-17H,7,12-13,15H2,1-4H3,(H,24,29). The van der Waals surface area contributed by atoms with Crippen molar-refractivity contribution >= 4 is 22.8 Å². The van der Waals surface area contributed by atoms with E-state index in [1.54, 1.807) is 12.1 Å². The van der Waals surface area contributed by atoms with Crippen LogP contribution in [0.15, 0.2) is 47.1 Å². The molecule has 0 aliphatic rings. The van der Waals surface area contributed by atoms with Crippen molar-refractivity contribution in [2.75, 3.05) is 6.54 Å². The first kappa shape index (κ1) is 21.6. The van der Waals surface area contributed by atoms with Crippen molar-refractivity contribution in [1.29, 1.82) is 0 Å². The van der Waals surface area contributed by atoms with E-state index in [9.17, 15) is 9.59 Å². The zero-order valence-corrected chi connectivity index (χ0v) is 18.1. The number of amides is 2. The van der Waals surface area contributed by atoms with Crippen molar-refractivity contribution in [3.8, 4) is 0 Å². The molecule has 7 nitrogen and oxygen atoms in total. The van der Waals surface area contributed by atoms with Gasteiger partial charge in [0, 0.05) is 25.0 Å². The predicted molar refractivity (Wildman–Crippen MR) is 116 cm³/mol. The highest BCUT2D eigenvalue weighted by atomic mass is 16.3. The molecule has 2 amide bonds. The third-order valence-corrected chi connectivity index (χ3v) is 5.04. The lowest BCUT2D eigenvalue weighted by Crippen LogP contribution is -2.43. The van der Waals surface area contributed by atoms with E-state index < -0.39 is 0 Å². The van der Waals surface area contributed by atoms with Crippen LogP contribution in [-0.2, 0) is 17.8 Å². The SMILES string of the molecule is CC(C)N(C(=O)Cn1c(CCCNC(=O)c2ccco2)nc2ccccc21)C(C)C. The molecular formula is C23H30N4O3. The molecule has 1 aromatic carbocycles. The maximum atomic E-state index is 13.0. The van der Waals surface area contributed by atoms with Gasteiger partial charge >= 0.3 is 0 Å². The third kappa shape index (κ3) is 4.90. The number of para-hydroxylation sites is 2. The maximum absolute atomic E-state index is 13.0. The first-order valence-corrected chi connectivity index (χ1v) is 10.5. The number of fused-ring (bicyclic) bond motifs is 1. The van der Waals surface area contributed by atoms with Gasteiger partial charge in [-0.1, -0.05) is 12.1 Å². The Morgan fingerprint density at radius 2 is 1.83 bits per heavy atom. The van der Waals surface area contributed by atoms with Gasteiger partial charge in [-0.15, -0.1) is 0 Å². The molecule has 160 valence electrons. The minimum Gasteiger partial charge on any atom is -0.459 e. The smallest absolute Gasteiger partial charge is 0.286 e. The molecule has 30 heavy (non-hydrogen) atoms. The number of benzene rings is 1. The lowest BCUT2D eigenvalue weighted by molar-refractivity contribution is -0.135. The maximum Gasteiger partial charge on any atom is 0.286 e. The van der Waals surface area contributed by atoms with Gasteiger partial charge < -0.3 is 19.2 Å². The summed E-state index contributed by atoms with van der Waals surface area (Å²) in [5.74, 6) is 1.00. The Morgan fingerprint density at radius 3 is 2.50 bits per heavy atom. The zero-order chi connectivity index (χ0) is 21.7. The molecule has 3 rings (SSSR count). The second kappa shape index (κ2) is 9.61. The van der Waals surface area contributed by atoms with Crippen LogP contribution in [0.5, 0.6) is 0 Å². The van der Waals surface area contributed by atoms with E-state index in [2.05, 4.69) is 5.32 Å². The number of nitrogens with one attached hydrogen (secondary N) is 1. The number of carbonyl (C=O) groups is 2. The lowest BCUT2D eigenvalue weighted by Gasteiger charge is -2.31. The fraction of sp³-hybridized carbons (Fsp3) is 0.435. The Kier molecular flexibility index (Phi) is 6.92. The zero-order valence-electron chi connectivity index (χ0n) is 18.1. The minimum absolute atomic E-state index is 0.0792. The van der Waals surface area contributed by atoms with Gasteiger partial charge in [0.15, 0.2) is 5.76 Å². The molecule has 0 unspecified atom stereocenters. The van der Waals surface area contributed by atoms with Gasteiger partial charge in [-0.25, -0.2) is 4.98 Å². The quantitative estimate of drug-likeness (QED) is 0.546. The van der Waals surface area contributed by atoms with E-state index in [4.69, 9.17) is 9.40 Å². The summed E-state index contributed by atoms with van der Waals surface area (Å²) < 4.78 is 7.11. The molecule has 2 aromatic heterocycles. The van der Waals surface area contributed by atoms with E-state index >= 15 is 0 Å².